The van der Waals surface area contributed by atoms with E-state index in [1.807, 2.05) is 0 Å². The summed E-state index contributed by atoms with van der Waals surface area (Å²) in [6, 6.07) is 13.4. The van der Waals surface area contributed by atoms with Crippen LogP contribution in [0.4, 0.5) is 5.69 Å². The first kappa shape index (κ1) is 18.1. The van der Waals surface area contributed by atoms with Crippen molar-refractivity contribution in [1.29, 1.82) is 5.26 Å². The number of benzene rings is 2. The number of allylic oxidation sites excluding steroid dienone is 1. The first-order valence-corrected chi connectivity index (χ1v) is 8.89. The second-order valence-corrected chi connectivity index (χ2v) is 6.82. The van der Waals surface area contributed by atoms with Gasteiger partial charge in [-0.3, -0.25) is 10.1 Å². The van der Waals surface area contributed by atoms with E-state index < -0.39 is 4.92 Å². The molecule has 5 nitrogen and oxygen atoms in total. The lowest BCUT2D eigenvalue weighted by Crippen LogP contribution is -1.88. The molecule has 0 radical (unpaired) electrons. The average molecular weight is 402 g/mol. The molecule has 0 unspecified atom stereocenters. The van der Waals surface area contributed by atoms with Gasteiger partial charge >= 0.3 is 0 Å². The molecule has 0 saturated heterocycles. The van der Waals surface area contributed by atoms with Gasteiger partial charge in [-0.25, -0.2) is 4.98 Å². The molecule has 0 fully saturated rings. The number of nitro benzene ring substituents is 1. The Kier molecular flexibility index (Phi) is 5.33. The highest BCUT2D eigenvalue weighted by Gasteiger charge is 2.13. The van der Waals surface area contributed by atoms with Crippen LogP contribution in [0.2, 0.25) is 10.0 Å². The van der Waals surface area contributed by atoms with Crippen molar-refractivity contribution in [2.45, 2.75) is 0 Å². The molecule has 0 aliphatic rings. The average Bonchev–Trinajstić information content (AvgIpc) is 3.11. The van der Waals surface area contributed by atoms with Crippen molar-refractivity contribution in [1.82, 2.24) is 4.98 Å². The summed E-state index contributed by atoms with van der Waals surface area (Å²) in [6.07, 6.45) is 1.58. The fourth-order valence-corrected chi connectivity index (χ4v) is 3.54. The number of aromatic nitrogens is 1. The van der Waals surface area contributed by atoms with Crippen LogP contribution in [0.15, 0.2) is 47.8 Å². The van der Waals surface area contributed by atoms with Crippen molar-refractivity contribution < 1.29 is 4.92 Å². The zero-order valence-electron chi connectivity index (χ0n) is 13.0. The van der Waals surface area contributed by atoms with Crippen molar-refractivity contribution >= 4 is 51.9 Å². The van der Waals surface area contributed by atoms with Gasteiger partial charge in [-0.05, 0) is 18.2 Å². The van der Waals surface area contributed by atoms with Crippen LogP contribution >= 0.6 is 34.5 Å². The standard InChI is InChI=1S/C18H9Cl2N3O2S/c19-15-5-2-6-16(20)14(15)8-12(9-21)18-22-17(10-26-18)11-3-1-4-13(7-11)23(24)25/h1-8,10H. The number of halogens is 2. The Morgan fingerprint density at radius 1 is 1.23 bits per heavy atom. The SMILES string of the molecule is N#CC(=Cc1c(Cl)cccc1Cl)c1nc(-c2cccc([N+](=O)[O-])c2)cs1. The highest BCUT2D eigenvalue weighted by Crippen LogP contribution is 2.32. The summed E-state index contributed by atoms with van der Waals surface area (Å²) in [5.41, 5.74) is 1.99. The molecule has 0 aliphatic carbocycles. The third-order valence-corrected chi connectivity index (χ3v) is 5.03. The van der Waals surface area contributed by atoms with Crippen LogP contribution < -0.4 is 0 Å². The van der Waals surface area contributed by atoms with E-state index in [1.165, 1.54) is 23.5 Å². The molecule has 2 aromatic carbocycles. The number of nitro groups is 1. The van der Waals surface area contributed by atoms with E-state index in [0.29, 0.717) is 37.4 Å². The van der Waals surface area contributed by atoms with Gasteiger partial charge in [-0.15, -0.1) is 11.3 Å². The minimum Gasteiger partial charge on any atom is -0.258 e. The van der Waals surface area contributed by atoms with E-state index in [-0.39, 0.29) is 5.69 Å². The largest absolute Gasteiger partial charge is 0.270 e. The Hall–Kier alpha value is -2.72. The normalized spacial score (nSPS) is 11.2. The molecule has 0 aliphatic heterocycles. The maximum absolute atomic E-state index is 10.9. The minimum absolute atomic E-state index is 0.0176. The molecule has 3 rings (SSSR count). The van der Waals surface area contributed by atoms with E-state index in [1.54, 1.807) is 41.8 Å². The molecular formula is C18H9Cl2N3O2S. The van der Waals surface area contributed by atoms with E-state index in [4.69, 9.17) is 23.2 Å². The Labute approximate surface area is 162 Å². The topological polar surface area (TPSA) is 79.8 Å². The van der Waals surface area contributed by atoms with Crippen LogP contribution in [-0.2, 0) is 0 Å². The first-order chi connectivity index (χ1) is 12.5. The number of nitriles is 1. The summed E-state index contributed by atoms with van der Waals surface area (Å²) >= 11 is 13.6. The van der Waals surface area contributed by atoms with Crippen LogP contribution in [0.5, 0.6) is 0 Å². The van der Waals surface area contributed by atoms with Gasteiger partial charge in [0.25, 0.3) is 5.69 Å². The highest BCUT2D eigenvalue weighted by atomic mass is 35.5. The molecule has 0 spiro atoms. The fraction of sp³-hybridized carbons (Fsp3) is 0. The number of nitrogens with zero attached hydrogens (tertiary/aromatic N) is 3. The molecule has 0 atom stereocenters. The molecule has 26 heavy (non-hydrogen) atoms. The van der Waals surface area contributed by atoms with E-state index >= 15 is 0 Å². The predicted molar refractivity (Wildman–Crippen MR) is 104 cm³/mol. The smallest absolute Gasteiger partial charge is 0.258 e. The van der Waals surface area contributed by atoms with Crippen molar-refractivity contribution in [2.24, 2.45) is 0 Å². The van der Waals surface area contributed by atoms with E-state index in [0.717, 1.165) is 0 Å². The van der Waals surface area contributed by atoms with Crippen LogP contribution in [0.1, 0.15) is 10.6 Å². The summed E-state index contributed by atoms with van der Waals surface area (Å²) in [5, 5.41) is 23.5. The number of hydrogen-bond acceptors (Lipinski definition) is 5. The van der Waals surface area contributed by atoms with Gasteiger partial charge in [0.2, 0.25) is 0 Å². The maximum Gasteiger partial charge on any atom is 0.270 e. The zero-order valence-corrected chi connectivity index (χ0v) is 15.3. The molecule has 3 aromatic rings. The third-order valence-electron chi connectivity index (χ3n) is 3.50. The molecule has 1 heterocycles. The Morgan fingerprint density at radius 3 is 2.58 bits per heavy atom. The number of rotatable bonds is 4. The first-order valence-electron chi connectivity index (χ1n) is 7.26. The van der Waals surface area contributed by atoms with Crippen LogP contribution in [0, 0.1) is 21.4 Å². The van der Waals surface area contributed by atoms with E-state index in [2.05, 4.69) is 11.1 Å². The molecule has 0 N–H and O–H groups in total. The zero-order chi connectivity index (χ0) is 18.7. The van der Waals surface area contributed by atoms with Gasteiger partial charge in [0.15, 0.2) is 0 Å². The molecule has 0 bridgehead atoms. The van der Waals surface area contributed by atoms with Crippen molar-refractivity contribution in [2.75, 3.05) is 0 Å². The van der Waals surface area contributed by atoms with Gasteiger partial charge < -0.3 is 0 Å². The van der Waals surface area contributed by atoms with Gasteiger partial charge in [0.1, 0.15) is 11.1 Å². The summed E-state index contributed by atoms with van der Waals surface area (Å²) in [5.74, 6) is 0. The minimum atomic E-state index is -0.462. The molecule has 0 saturated carbocycles. The second kappa shape index (κ2) is 7.67. The van der Waals surface area contributed by atoms with E-state index in [9.17, 15) is 15.4 Å². The number of thiazole rings is 1. The molecule has 0 amide bonds. The van der Waals surface area contributed by atoms with Crippen LogP contribution in [-0.4, -0.2) is 9.91 Å². The lowest BCUT2D eigenvalue weighted by atomic mass is 10.1. The van der Waals surface area contributed by atoms with Crippen molar-refractivity contribution in [3.63, 3.8) is 0 Å². The van der Waals surface area contributed by atoms with Crippen molar-refractivity contribution in [3.05, 3.63) is 78.6 Å². The second-order valence-electron chi connectivity index (χ2n) is 5.15. The Balaban J connectivity index is 2.01. The van der Waals surface area contributed by atoms with Gasteiger partial charge in [-0.2, -0.15) is 5.26 Å². The Bertz CT molecular complexity index is 1050. The molecule has 128 valence electrons. The predicted octanol–water partition coefficient (Wildman–Crippen LogP) is 6.09. The summed E-state index contributed by atoms with van der Waals surface area (Å²) in [4.78, 5) is 14.9. The molecule has 8 heteroatoms. The van der Waals surface area contributed by atoms with Crippen molar-refractivity contribution in [3.8, 4) is 17.3 Å². The van der Waals surface area contributed by atoms with Crippen LogP contribution in [0.3, 0.4) is 0 Å². The molecule has 1 aromatic heterocycles. The number of hydrogen-bond donors (Lipinski definition) is 0. The maximum atomic E-state index is 10.9. The monoisotopic (exact) mass is 401 g/mol. The van der Waals surface area contributed by atoms with Gasteiger partial charge in [0.05, 0.1) is 16.2 Å². The summed E-state index contributed by atoms with van der Waals surface area (Å²) < 4.78 is 0. The summed E-state index contributed by atoms with van der Waals surface area (Å²) in [7, 11) is 0. The molecular weight excluding hydrogens is 393 g/mol. The number of non-ortho nitro benzene ring substituents is 1. The van der Waals surface area contributed by atoms with Gasteiger partial charge in [0, 0.05) is 38.7 Å². The lowest BCUT2D eigenvalue weighted by molar-refractivity contribution is -0.384. The van der Waals surface area contributed by atoms with Crippen LogP contribution in [0.25, 0.3) is 22.9 Å². The highest BCUT2D eigenvalue weighted by molar-refractivity contribution is 7.11. The van der Waals surface area contributed by atoms with Gasteiger partial charge in [-0.1, -0.05) is 41.4 Å². The summed E-state index contributed by atoms with van der Waals surface area (Å²) in [6.45, 7) is 0. The quantitative estimate of drug-likeness (QED) is 0.301. The third kappa shape index (κ3) is 3.75. The Morgan fingerprint density at radius 2 is 1.92 bits per heavy atom. The fourth-order valence-electron chi connectivity index (χ4n) is 2.24. The lowest BCUT2D eigenvalue weighted by Gasteiger charge is -2.02.